The van der Waals surface area contributed by atoms with Crippen LogP contribution in [-0.2, 0) is 6.54 Å². The Hall–Kier alpha value is -3.07. The largest absolute Gasteiger partial charge is 0.384 e. The average molecular weight is 367 g/mol. The molecule has 0 atom stereocenters. The molecular formula is C20H15ClN2O3. The molecule has 2 N–H and O–H groups in total. The van der Waals surface area contributed by atoms with Crippen LogP contribution >= 0.6 is 11.6 Å². The Morgan fingerprint density at radius 2 is 1.85 bits per heavy atom. The quantitative estimate of drug-likeness (QED) is 0.698. The van der Waals surface area contributed by atoms with Crippen molar-refractivity contribution in [1.29, 1.82) is 0 Å². The lowest BCUT2D eigenvalue weighted by Crippen LogP contribution is -2.30. The molecule has 0 radical (unpaired) electrons. The highest BCUT2D eigenvalue weighted by molar-refractivity contribution is 6.30. The first-order chi connectivity index (χ1) is 12.6. The van der Waals surface area contributed by atoms with Gasteiger partial charge in [-0.3, -0.25) is 14.0 Å². The lowest BCUT2D eigenvalue weighted by Gasteiger charge is -2.07. The number of halogens is 1. The molecule has 3 rings (SSSR count). The van der Waals surface area contributed by atoms with E-state index in [1.807, 2.05) is 12.1 Å². The second-order valence-electron chi connectivity index (χ2n) is 5.53. The highest BCUT2D eigenvalue weighted by atomic mass is 35.5. The number of benzene rings is 1. The predicted octanol–water partition coefficient (Wildman–Crippen LogP) is 2.23. The summed E-state index contributed by atoms with van der Waals surface area (Å²) in [5, 5.41) is 12.1. The number of amides is 1. The topological polar surface area (TPSA) is 70.8 Å². The van der Waals surface area contributed by atoms with Crippen molar-refractivity contribution in [2.24, 2.45) is 0 Å². The van der Waals surface area contributed by atoms with Gasteiger partial charge >= 0.3 is 0 Å². The molecule has 0 saturated carbocycles. The number of nitrogens with one attached hydrogen (secondary N) is 1. The summed E-state index contributed by atoms with van der Waals surface area (Å²) >= 11 is 5.84. The maximum Gasteiger partial charge on any atom is 0.267 e. The summed E-state index contributed by atoms with van der Waals surface area (Å²) in [6, 6.07) is 13.8. The van der Waals surface area contributed by atoms with Crippen LogP contribution in [-0.4, -0.2) is 22.0 Å². The number of aromatic nitrogens is 1. The molecule has 0 aliphatic carbocycles. The van der Waals surface area contributed by atoms with E-state index in [9.17, 15) is 9.59 Å². The number of aliphatic hydroxyl groups is 1. The zero-order valence-corrected chi connectivity index (χ0v) is 14.5. The lowest BCUT2D eigenvalue weighted by atomic mass is 10.2. The van der Waals surface area contributed by atoms with Crippen LogP contribution in [0.25, 0.3) is 5.52 Å². The molecule has 0 fully saturated rings. The molecule has 130 valence electrons. The van der Waals surface area contributed by atoms with Crippen LogP contribution in [0.2, 0.25) is 5.02 Å². The van der Waals surface area contributed by atoms with Gasteiger partial charge in [-0.1, -0.05) is 35.6 Å². The Morgan fingerprint density at radius 1 is 1.12 bits per heavy atom. The van der Waals surface area contributed by atoms with Crippen LogP contribution in [0.5, 0.6) is 0 Å². The molecule has 2 aromatic heterocycles. The van der Waals surface area contributed by atoms with E-state index < -0.39 is 11.5 Å². The standard InChI is InChI=1S/C20H15ClN2O3/c21-16-6-3-14(4-7-16)12-22-19(25)18-10-9-17-8-5-15(2-1-11-24)13-23(17)20(18)26/h3-10,13,24H,11-12H2,(H,22,25). The smallest absolute Gasteiger partial charge is 0.267 e. The van der Waals surface area contributed by atoms with Gasteiger partial charge in [-0.25, -0.2) is 0 Å². The molecule has 2 heterocycles. The zero-order valence-electron chi connectivity index (χ0n) is 13.7. The molecule has 3 aromatic rings. The van der Waals surface area contributed by atoms with Crippen molar-refractivity contribution >= 4 is 23.0 Å². The van der Waals surface area contributed by atoms with Crippen molar-refractivity contribution in [2.45, 2.75) is 6.54 Å². The Morgan fingerprint density at radius 3 is 2.58 bits per heavy atom. The number of carbonyl (C=O) groups is 1. The van der Waals surface area contributed by atoms with Crippen molar-refractivity contribution < 1.29 is 9.90 Å². The van der Waals surface area contributed by atoms with Gasteiger partial charge in [0.15, 0.2) is 0 Å². The van der Waals surface area contributed by atoms with Gasteiger partial charge in [0.25, 0.3) is 11.5 Å². The second-order valence-corrected chi connectivity index (χ2v) is 5.97. The predicted molar refractivity (Wildman–Crippen MR) is 100 cm³/mol. The molecule has 0 unspecified atom stereocenters. The fourth-order valence-electron chi connectivity index (χ4n) is 2.46. The van der Waals surface area contributed by atoms with Crippen molar-refractivity contribution in [1.82, 2.24) is 9.72 Å². The van der Waals surface area contributed by atoms with E-state index >= 15 is 0 Å². The van der Waals surface area contributed by atoms with Crippen LogP contribution in [0.4, 0.5) is 0 Å². The molecule has 0 bridgehead atoms. The highest BCUT2D eigenvalue weighted by Gasteiger charge is 2.12. The fourth-order valence-corrected chi connectivity index (χ4v) is 2.59. The molecule has 0 spiro atoms. The van der Waals surface area contributed by atoms with E-state index in [0.29, 0.717) is 22.6 Å². The minimum Gasteiger partial charge on any atom is -0.384 e. The van der Waals surface area contributed by atoms with Gasteiger partial charge in [0.1, 0.15) is 12.2 Å². The Labute approximate surface area is 154 Å². The van der Waals surface area contributed by atoms with E-state index in [0.717, 1.165) is 5.56 Å². The molecular weight excluding hydrogens is 352 g/mol. The third-order valence-electron chi connectivity index (χ3n) is 3.77. The molecule has 0 aliphatic rings. The van der Waals surface area contributed by atoms with E-state index in [1.54, 1.807) is 36.5 Å². The Kier molecular flexibility index (Phi) is 5.37. The van der Waals surface area contributed by atoms with Crippen LogP contribution in [0.3, 0.4) is 0 Å². The number of hydrogen-bond donors (Lipinski definition) is 2. The fraction of sp³-hybridized carbons (Fsp3) is 0.100. The summed E-state index contributed by atoms with van der Waals surface area (Å²) in [5.41, 5.74) is 1.73. The summed E-state index contributed by atoms with van der Waals surface area (Å²) in [7, 11) is 0. The number of fused-ring (bicyclic) bond motifs is 1. The third kappa shape index (κ3) is 3.94. The van der Waals surface area contributed by atoms with Crippen LogP contribution < -0.4 is 10.9 Å². The summed E-state index contributed by atoms with van der Waals surface area (Å²) < 4.78 is 1.37. The number of rotatable bonds is 3. The monoisotopic (exact) mass is 366 g/mol. The summed E-state index contributed by atoms with van der Waals surface area (Å²) in [6.45, 7) is 0.0280. The third-order valence-corrected chi connectivity index (χ3v) is 4.02. The average Bonchev–Trinajstić information content (AvgIpc) is 2.66. The van der Waals surface area contributed by atoms with Crippen molar-refractivity contribution in [3.63, 3.8) is 0 Å². The SMILES string of the molecule is O=C(NCc1ccc(Cl)cc1)c1ccc2ccc(C#CCO)cn2c1=O. The molecule has 0 aliphatic heterocycles. The van der Waals surface area contributed by atoms with Crippen LogP contribution in [0.15, 0.2) is 59.5 Å². The van der Waals surface area contributed by atoms with Gasteiger partial charge in [0, 0.05) is 28.8 Å². The van der Waals surface area contributed by atoms with Crippen LogP contribution in [0, 0.1) is 11.8 Å². The number of hydrogen-bond acceptors (Lipinski definition) is 3. The zero-order chi connectivity index (χ0) is 18.5. The summed E-state index contributed by atoms with van der Waals surface area (Å²) in [4.78, 5) is 25.0. The maximum absolute atomic E-state index is 12.6. The minimum absolute atomic E-state index is 0.0451. The molecule has 26 heavy (non-hydrogen) atoms. The second kappa shape index (κ2) is 7.87. The Balaban J connectivity index is 1.86. The molecule has 1 amide bonds. The van der Waals surface area contributed by atoms with Gasteiger partial charge in [-0.15, -0.1) is 0 Å². The minimum atomic E-state index is -0.453. The lowest BCUT2D eigenvalue weighted by molar-refractivity contribution is 0.0949. The van der Waals surface area contributed by atoms with Gasteiger partial charge in [0.2, 0.25) is 0 Å². The summed E-state index contributed by atoms with van der Waals surface area (Å²) in [5.74, 6) is 4.82. The van der Waals surface area contributed by atoms with Gasteiger partial charge in [0.05, 0.1) is 0 Å². The van der Waals surface area contributed by atoms with E-state index in [2.05, 4.69) is 17.2 Å². The highest BCUT2D eigenvalue weighted by Crippen LogP contribution is 2.09. The van der Waals surface area contributed by atoms with Gasteiger partial charge in [-0.2, -0.15) is 0 Å². The first-order valence-corrected chi connectivity index (χ1v) is 8.24. The number of pyridine rings is 2. The molecule has 6 heteroatoms. The van der Waals surface area contributed by atoms with E-state index in [1.165, 1.54) is 10.5 Å². The molecule has 5 nitrogen and oxygen atoms in total. The first-order valence-electron chi connectivity index (χ1n) is 7.86. The number of carbonyl (C=O) groups excluding carboxylic acids is 1. The van der Waals surface area contributed by atoms with Gasteiger partial charge in [-0.05, 0) is 42.0 Å². The van der Waals surface area contributed by atoms with Crippen molar-refractivity contribution in [3.05, 3.63) is 86.8 Å². The Bertz CT molecular complexity index is 1080. The molecule has 0 saturated heterocycles. The normalized spacial score (nSPS) is 10.2. The number of nitrogens with zero attached hydrogens (tertiary/aromatic N) is 1. The van der Waals surface area contributed by atoms with Crippen molar-refractivity contribution in [2.75, 3.05) is 6.61 Å². The van der Waals surface area contributed by atoms with Gasteiger partial charge < -0.3 is 10.4 Å². The van der Waals surface area contributed by atoms with E-state index in [-0.39, 0.29) is 12.2 Å². The van der Waals surface area contributed by atoms with E-state index in [4.69, 9.17) is 16.7 Å². The first kappa shape index (κ1) is 17.7. The summed E-state index contributed by atoms with van der Waals surface area (Å²) in [6.07, 6.45) is 1.55. The number of aliphatic hydroxyl groups excluding tert-OH is 1. The maximum atomic E-state index is 12.6. The van der Waals surface area contributed by atoms with Crippen molar-refractivity contribution in [3.8, 4) is 11.8 Å². The molecule has 1 aromatic carbocycles. The van der Waals surface area contributed by atoms with Crippen LogP contribution in [0.1, 0.15) is 21.5 Å².